The van der Waals surface area contributed by atoms with Gasteiger partial charge in [0, 0.05) is 26.2 Å². The van der Waals surface area contributed by atoms with Gasteiger partial charge in [0.05, 0.1) is 6.61 Å². The number of unbranched alkanes of at least 4 members (excludes halogenated alkanes) is 2. The summed E-state index contributed by atoms with van der Waals surface area (Å²) in [7, 11) is -1.76. The van der Waals surface area contributed by atoms with Crippen LogP contribution in [-0.2, 0) is 10.2 Å². The van der Waals surface area contributed by atoms with Crippen molar-refractivity contribution in [1.29, 1.82) is 0 Å². The highest BCUT2D eigenvalue weighted by Gasteiger charge is 2.34. The number of hydrogen-bond acceptors (Lipinski definition) is 3. The van der Waals surface area contributed by atoms with Crippen LogP contribution in [0, 0.1) is 0 Å². The van der Waals surface area contributed by atoms with Gasteiger partial charge in [0.25, 0.3) is 10.2 Å². The Bertz CT molecular complexity index is 332. The van der Waals surface area contributed by atoms with Crippen LogP contribution in [0.5, 0.6) is 0 Å². The van der Waals surface area contributed by atoms with Gasteiger partial charge in [-0.2, -0.15) is 17.0 Å². The topological polar surface area (TPSA) is 60.9 Å². The van der Waals surface area contributed by atoms with Crippen LogP contribution in [0.3, 0.4) is 0 Å². The van der Waals surface area contributed by atoms with E-state index >= 15 is 0 Å². The van der Waals surface area contributed by atoms with Crippen LogP contribution >= 0.6 is 0 Å². The molecule has 1 aliphatic heterocycles. The molecule has 1 aliphatic rings. The second kappa shape index (κ2) is 7.43. The van der Waals surface area contributed by atoms with E-state index < -0.39 is 10.2 Å². The standard InChI is InChI=1S/C12H26N2O3S/c1-3-4-6-9-13(2)18(16,17)14-10-7-5-8-12(14)11-15/h12,15H,3-11H2,1-2H3. The first-order chi connectivity index (χ1) is 8.54. The molecule has 1 rings (SSSR count). The number of rotatable bonds is 7. The van der Waals surface area contributed by atoms with E-state index in [1.165, 1.54) is 8.61 Å². The van der Waals surface area contributed by atoms with Gasteiger partial charge in [-0.25, -0.2) is 0 Å². The van der Waals surface area contributed by atoms with E-state index in [0.717, 1.165) is 38.5 Å². The lowest BCUT2D eigenvalue weighted by Gasteiger charge is -2.36. The van der Waals surface area contributed by atoms with Crippen molar-refractivity contribution in [3.8, 4) is 0 Å². The molecule has 1 heterocycles. The van der Waals surface area contributed by atoms with Gasteiger partial charge in [-0.05, 0) is 19.3 Å². The van der Waals surface area contributed by atoms with E-state index in [4.69, 9.17) is 0 Å². The third-order valence-electron chi connectivity index (χ3n) is 3.55. The summed E-state index contributed by atoms with van der Waals surface area (Å²) in [5.41, 5.74) is 0. The molecule has 0 bridgehead atoms. The fourth-order valence-electron chi connectivity index (χ4n) is 2.34. The minimum atomic E-state index is -3.40. The SMILES string of the molecule is CCCCCN(C)S(=O)(=O)N1CCCCC1CO. The van der Waals surface area contributed by atoms with Crippen molar-refractivity contribution >= 4 is 10.2 Å². The number of aliphatic hydroxyl groups is 1. The lowest BCUT2D eigenvalue weighted by Crippen LogP contribution is -2.51. The van der Waals surface area contributed by atoms with E-state index in [1.807, 2.05) is 0 Å². The number of nitrogens with zero attached hydrogens (tertiary/aromatic N) is 2. The van der Waals surface area contributed by atoms with E-state index in [1.54, 1.807) is 7.05 Å². The quantitative estimate of drug-likeness (QED) is 0.712. The van der Waals surface area contributed by atoms with Crippen molar-refractivity contribution in [2.75, 3.05) is 26.7 Å². The van der Waals surface area contributed by atoms with Crippen LogP contribution in [0.2, 0.25) is 0 Å². The highest BCUT2D eigenvalue weighted by atomic mass is 32.2. The molecule has 0 aromatic rings. The molecule has 0 aromatic heterocycles. The van der Waals surface area contributed by atoms with Crippen molar-refractivity contribution in [1.82, 2.24) is 8.61 Å². The maximum Gasteiger partial charge on any atom is 0.282 e. The molecule has 0 saturated carbocycles. The van der Waals surface area contributed by atoms with Crippen LogP contribution < -0.4 is 0 Å². The van der Waals surface area contributed by atoms with Crippen LogP contribution in [0.25, 0.3) is 0 Å². The van der Waals surface area contributed by atoms with Crippen molar-refractivity contribution in [2.24, 2.45) is 0 Å². The van der Waals surface area contributed by atoms with Crippen molar-refractivity contribution in [2.45, 2.75) is 51.5 Å². The molecule has 6 heteroatoms. The van der Waals surface area contributed by atoms with Crippen LogP contribution in [0.1, 0.15) is 45.4 Å². The van der Waals surface area contributed by atoms with E-state index in [2.05, 4.69) is 6.92 Å². The predicted molar refractivity (Wildman–Crippen MR) is 72.5 cm³/mol. The first kappa shape index (κ1) is 15.9. The molecule has 0 aromatic carbocycles. The average molecular weight is 278 g/mol. The second-order valence-electron chi connectivity index (χ2n) is 4.98. The fraction of sp³-hybridized carbons (Fsp3) is 1.00. The van der Waals surface area contributed by atoms with Gasteiger partial charge in [-0.3, -0.25) is 0 Å². The normalized spacial score (nSPS) is 22.6. The van der Waals surface area contributed by atoms with Crippen molar-refractivity contribution in [3.63, 3.8) is 0 Å². The summed E-state index contributed by atoms with van der Waals surface area (Å²) >= 11 is 0. The van der Waals surface area contributed by atoms with Gasteiger partial charge in [-0.1, -0.05) is 26.2 Å². The summed E-state index contributed by atoms with van der Waals surface area (Å²) in [5.74, 6) is 0. The summed E-state index contributed by atoms with van der Waals surface area (Å²) in [4.78, 5) is 0. The first-order valence-electron chi connectivity index (χ1n) is 6.88. The minimum Gasteiger partial charge on any atom is -0.395 e. The fourth-order valence-corrected chi connectivity index (χ4v) is 3.97. The Balaban J connectivity index is 2.65. The molecule has 1 saturated heterocycles. The Morgan fingerprint density at radius 3 is 2.67 bits per heavy atom. The highest BCUT2D eigenvalue weighted by Crippen LogP contribution is 2.22. The maximum atomic E-state index is 12.4. The Morgan fingerprint density at radius 2 is 2.06 bits per heavy atom. The maximum absolute atomic E-state index is 12.4. The Morgan fingerprint density at radius 1 is 1.33 bits per heavy atom. The number of piperidine rings is 1. The molecular weight excluding hydrogens is 252 g/mol. The largest absolute Gasteiger partial charge is 0.395 e. The highest BCUT2D eigenvalue weighted by molar-refractivity contribution is 7.86. The van der Waals surface area contributed by atoms with Gasteiger partial charge in [0.15, 0.2) is 0 Å². The number of aliphatic hydroxyl groups excluding tert-OH is 1. The second-order valence-corrected chi connectivity index (χ2v) is 6.97. The molecule has 1 unspecified atom stereocenters. The lowest BCUT2D eigenvalue weighted by molar-refractivity contribution is 0.149. The summed E-state index contributed by atoms with van der Waals surface area (Å²) in [6.07, 6.45) is 5.66. The van der Waals surface area contributed by atoms with Gasteiger partial charge >= 0.3 is 0 Å². The summed E-state index contributed by atoms with van der Waals surface area (Å²) in [6, 6.07) is -0.239. The Labute approximate surface area is 111 Å². The Kier molecular flexibility index (Phi) is 6.55. The molecule has 5 nitrogen and oxygen atoms in total. The van der Waals surface area contributed by atoms with E-state index in [0.29, 0.717) is 13.1 Å². The zero-order valence-electron chi connectivity index (χ0n) is 11.5. The van der Waals surface area contributed by atoms with Crippen molar-refractivity contribution < 1.29 is 13.5 Å². The lowest BCUT2D eigenvalue weighted by atomic mass is 10.1. The minimum absolute atomic E-state index is 0.0813. The molecule has 1 atom stereocenters. The first-order valence-corrected chi connectivity index (χ1v) is 8.27. The Hall–Kier alpha value is -0.170. The third-order valence-corrected chi connectivity index (χ3v) is 5.59. The molecule has 1 N–H and O–H groups in total. The van der Waals surface area contributed by atoms with Crippen LogP contribution in [0.4, 0.5) is 0 Å². The van der Waals surface area contributed by atoms with Gasteiger partial charge in [0.1, 0.15) is 0 Å². The zero-order valence-corrected chi connectivity index (χ0v) is 12.3. The molecule has 0 amide bonds. The molecule has 0 aliphatic carbocycles. The summed E-state index contributed by atoms with van der Waals surface area (Å²) in [5, 5.41) is 9.30. The molecule has 0 spiro atoms. The van der Waals surface area contributed by atoms with Crippen LogP contribution in [0.15, 0.2) is 0 Å². The van der Waals surface area contributed by atoms with Gasteiger partial charge < -0.3 is 5.11 Å². The van der Waals surface area contributed by atoms with Crippen molar-refractivity contribution in [3.05, 3.63) is 0 Å². The third kappa shape index (κ3) is 3.91. The molecule has 0 radical (unpaired) electrons. The number of hydrogen-bond donors (Lipinski definition) is 1. The molecular formula is C12H26N2O3S. The monoisotopic (exact) mass is 278 g/mol. The van der Waals surface area contributed by atoms with E-state index in [9.17, 15) is 13.5 Å². The average Bonchev–Trinajstić information content (AvgIpc) is 2.38. The van der Waals surface area contributed by atoms with E-state index in [-0.39, 0.29) is 12.6 Å². The predicted octanol–water partition coefficient (Wildman–Crippen LogP) is 1.20. The molecule has 108 valence electrons. The summed E-state index contributed by atoms with van der Waals surface area (Å²) in [6.45, 7) is 3.11. The summed E-state index contributed by atoms with van der Waals surface area (Å²) < 4.78 is 27.7. The molecule has 18 heavy (non-hydrogen) atoms. The zero-order chi connectivity index (χ0) is 13.6. The van der Waals surface area contributed by atoms with Gasteiger partial charge in [-0.15, -0.1) is 0 Å². The smallest absolute Gasteiger partial charge is 0.282 e. The molecule has 1 fully saturated rings. The van der Waals surface area contributed by atoms with Gasteiger partial charge in [0.2, 0.25) is 0 Å². The van der Waals surface area contributed by atoms with Crippen LogP contribution in [-0.4, -0.2) is 54.9 Å².